The molecular weight excluding hydrogens is 184 g/mol. The van der Waals surface area contributed by atoms with Gasteiger partial charge in [0.05, 0.1) is 0 Å². The highest BCUT2D eigenvalue weighted by atomic mass is 15.2. The SMILES string of the molecule is CC(C)N(CCC1CCNCC1)C1CC1. The van der Waals surface area contributed by atoms with E-state index in [0.717, 1.165) is 18.0 Å². The van der Waals surface area contributed by atoms with Crippen LogP contribution in [0.2, 0.25) is 0 Å². The first-order valence-electron chi connectivity index (χ1n) is 6.74. The number of rotatable bonds is 5. The Balaban J connectivity index is 1.69. The standard InChI is InChI=1S/C13H26N2/c1-11(2)15(13-3-4-13)10-7-12-5-8-14-9-6-12/h11-14H,3-10H2,1-2H3. The van der Waals surface area contributed by atoms with Crippen LogP contribution < -0.4 is 5.32 Å². The first kappa shape index (κ1) is 11.4. The highest BCUT2D eigenvalue weighted by Crippen LogP contribution is 2.29. The fourth-order valence-corrected chi connectivity index (χ4v) is 2.77. The van der Waals surface area contributed by atoms with Crippen molar-refractivity contribution in [3.8, 4) is 0 Å². The molecule has 0 amide bonds. The van der Waals surface area contributed by atoms with Gasteiger partial charge in [0, 0.05) is 12.1 Å². The maximum Gasteiger partial charge on any atom is 0.00991 e. The van der Waals surface area contributed by atoms with E-state index in [4.69, 9.17) is 0 Å². The zero-order valence-corrected chi connectivity index (χ0v) is 10.3. The lowest BCUT2D eigenvalue weighted by molar-refractivity contribution is 0.187. The minimum atomic E-state index is 0.749. The van der Waals surface area contributed by atoms with Crippen LogP contribution in [0.15, 0.2) is 0 Å². The van der Waals surface area contributed by atoms with Crippen LogP contribution in [-0.2, 0) is 0 Å². The Morgan fingerprint density at radius 3 is 2.33 bits per heavy atom. The lowest BCUT2D eigenvalue weighted by atomic mass is 9.94. The average Bonchev–Trinajstić information content (AvgIpc) is 3.03. The van der Waals surface area contributed by atoms with Gasteiger partial charge in [-0.3, -0.25) is 4.90 Å². The van der Waals surface area contributed by atoms with Crippen LogP contribution in [0.5, 0.6) is 0 Å². The van der Waals surface area contributed by atoms with Gasteiger partial charge in [-0.25, -0.2) is 0 Å². The molecule has 0 aromatic carbocycles. The fourth-order valence-electron chi connectivity index (χ4n) is 2.77. The molecule has 0 atom stereocenters. The highest BCUT2D eigenvalue weighted by molar-refractivity contribution is 4.86. The third-order valence-corrected chi connectivity index (χ3v) is 3.93. The second-order valence-electron chi connectivity index (χ2n) is 5.54. The Labute approximate surface area is 94.4 Å². The molecule has 2 fully saturated rings. The van der Waals surface area contributed by atoms with Crippen molar-refractivity contribution in [3.63, 3.8) is 0 Å². The van der Waals surface area contributed by atoms with E-state index in [1.165, 1.54) is 51.7 Å². The molecule has 1 saturated carbocycles. The van der Waals surface area contributed by atoms with Gasteiger partial charge in [-0.15, -0.1) is 0 Å². The van der Waals surface area contributed by atoms with Crippen molar-refractivity contribution in [2.24, 2.45) is 5.92 Å². The van der Waals surface area contributed by atoms with Crippen LogP contribution in [0, 0.1) is 5.92 Å². The molecule has 0 aromatic heterocycles. The molecule has 1 saturated heterocycles. The van der Waals surface area contributed by atoms with Crippen LogP contribution in [0.1, 0.15) is 46.0 Å². The largest absolute Gasteiger partial charge is 0.317 e. The summed E-state index contributed by atoms with van der Waals surface area (Å²) in [6, 6.07) is 1.69. The predicted molar refractivity (Wildman–Crippen MR) is 65.1 cm³/mol. The van der Waals surface area contributed by atoms with Crippen molar-refractivity contribution >= 4 is 0 Å². The lowest BCUT2D eigenvalue weighted by Crippen LogP contribution is -2.36. The zero-order valence-electron chi connectivity index (χ0n) is 10.3. The third-order valence-electron chi connectivity index (χ3n) is 3.93. The second-order valence-corrected chi connectivity index (χ2v) is 5.54. The molecule has 2 aliphatic rings. The molecule has 1 aliphatic heterocycles. The average molecular weight is 210 g/mol. The van der Waals surface area contributed by atoms with E-state index in [1.807, 2.05) is 0 Å². The van der Waals surface area contributed by atoms with Gasteiger partial charge in [-0.05, 0) is 71.5 Å². The van der Waals surface area contributed by atoms with Crippen molar-refractivity contribution in [1.29, 1.82) is 0 Å². The molecular formula is C13H26N2. The zero-order chi connectivity index (χ0) is 10.7. The van der Waals surface area contributed by atoms with Crippen molar-refractivity contribution in [3.05, 3.63) is 0 Å². The summed E-state index contributed by atoms with van der Waals surface area (Å²) in [5.41, 5.74) is 0. The summed E-state index contributed by atoms with van der Waals surface area (Å²) in [7, 11) is 0. The van der Waals surface area contributed by atoms with E-state index in [2.05, 4.69) is 24.1 Å². The number of nitrogens with one attached hydrogen (secondary N) is 1. The normalized spacial score (nSPS) is 24.0. The molecule has 0 radical (unpaired) electrons. The molecule has 1 aliphatic carbocycles. The summed E-state index contributed by atoms with van der Waals surface area (Å²) in [4.78, 5) is 2.72. The maximum atomic E-state index is 3.45. The van der Waals surface area contributed by atoms with Crippen molar-refractivity contribution in [1.82, 2.24) is 10.2 Å². The van der Waals surface area contributed by atoms with Crippen molar-refractivity contribution in [2.75, 3.05) is 19.6 Å². The van der Waals surface area contributed by atoms with Gasteiger partial charge in [0.25, 0.3) is 0 Å². The minimum Gasteiger partial charge on any atom is -0.317 e. The van der Waals surface area contributed by atoms with Crippen LogP contribution in [0.4, 0.5) is 0 Å². The van der Waals surface area contributed by atoms with Gasteiger partial charge in [-0.1, -0.05) is 0 Å². The fraction of sp³-hybridized carbons (Fsp3) is 1.00. The maximum absolute atomic E-state index is 3.45. The molecule has 0 bridgehead atoms. The Bertz CT molecular complexity index is 179. The molecule has 1 heterocycles. The van der Waals surface area contributed by atoms with E-state index in [9.17, 15) is 0 Å². The van der Waals surface area contributed by atoms with E-state index >= 15 is 0 Å². The van der Waals surface area contributed by atoms with Crippen LogP contribution in [-0.4, -0.2) is 36.6 Å². The first-order chi connectivity index (χ1) is 7.27. The van der Waals surface area contributed by atoms with Crippen molar-refractivity contribution in [2.45, 2.75) is 58.0 Å². The molecule has 2 nitrogen and oxygen atoms in total. The Morgan fingerprint density at radius 2 is 1.80 bits per heavy atom. The molecule has 1 N–H and O–H groups in total. The Morgan fingerprint density at radius 1 is 1.13 bits per heavy atom. The number of nitrogens with zero attached hydrogens (tertiary/aromatic N) is 1. The summed E-state index contributed by atoms with van der Waals surface area (Å²) in [6.45, 7) is 8.53. The topological polar surface area (TPSA) is 15.3 Å². The molecule has 88 valence electrons. The van der Waals surface area contributed by atoms with Gasteiger partial charge in [-0.2, -0.15) is 0 Å². The highest BCUT2D eigenvalue weighted by Gasteiger charge is 2.30. The molecule has 2 rings (SSSR count). The van der Waals surface area contributed by atoms with Crippen LogP contribution >= 0.6 is 0 Å². The molecule has 0 aromatic rings. The van der Waals surface area contributed by atoms with E-state index < -0.39 is 0 Å². The first-order valence-corrected chi connectivity index (χ1v) is 6.74. The predicted octanol–water partition coefficient (Wildman–Crippen LogP) is 2.25. The van der Waals surface area contributed by atoms with Gasteiger partial charge < -0.3 is 5.32 Å². The number of hydrogen-bond donors (Lipinski definition) is 1. The van der Waals surface area contributed by atoms with Gasteiger partial charge in [0.15, 0.2) is 0 Å². The molecule has 0 unspecified atom stereocenters. The summed E-state index contributed by atoms with van der Waals surface area (Å²) in [5, 5.41) is 3.45. The Hall–Kier alpha value is -0.0800. The molecule has 2 heteroatoms. The third kappa shape index (κ3) is 3.46. The second kappa shape index (κ2) is 5.31. The molecule has 0 spiro atoms. The van der Waals surface area contributed by atoms with Crippen LogP contribution in [0.25, 0.3) is 0 Å². The van der Waals surface area contributed by atoms with E-state index in [-0.39, 0.29) is 0 Å². The Kier molecular flexibility index (Phi) is 4.04. The van der Waals surface area contributed by atoms with Crippen LogP contribution in [0.3, 0.4) is 0 Å². The van der Waals surface area contributed by atoms with Gasteiger partial charge in [0.1, 0.15) is 0 Å². The summed E-state index contributed by atoms with van der Waals surface area (Å²) < 4.78 is 0. The molecule has 15 heavy (non-hydrogen) atoms. The summed E-state index contributed by atoms with van der Waals surface area (Å²) >= 11 is 0. The van der Waals surface area contributed by atoms with Gasteiger partial charge in [0.2, 0.25) is 0 Å². The van der Waals surface area contributed by atoms with Crippen molar-refractivity contribution < 1.29 is 0 Å². The minimum absolute atomic E-state index is 0.749. The lowest BCUT2D eigenvalue weighted by Gasteiger charge is -2.30. The summed E-state index contributed by atoms with van der Waals surface area (Å²) in [5.74, 6) is 0.992. The monoisotopic (exact) mass is 210 g/mol. The smallest absolute Gasteiger partial charge is 0.00991 e. The summed E-state index contributed by atoms with van der Waals surface area (Å²) in [6.07, 6.45) is 7.12. The number of hydrogen-bond acceptors (Lipinski definition) is 2. The number of piperidine rings is 1. The van der Waals surface area contributed by atoms with E-state index in [1.54, 1.807) is 0 Å². The van der Waals surface area contributed by atoms with Gasteiger partial charge >= 0.3 is 0 Å². The van der Waals surface area contributed by atoms with E-state index in [0.29, 0.717) is 0 Å². The quantitative estimate of drug-likeness (QED) is 0.749.